The molecule has 6 heteroatoms. The van der Waals surface area contributed by atoms with E-state index in [-0.39, 0.29) is 18.0 Å². The van der Waals surface area contributed by atoms with Crippen molar-refractivity contribution in [3.8, 4) is 0 Å². The van der Waals surface area contributed by atoms with Crippen molar-refractivity contribution in [2.24, 2.45) is 11.7 Å². The first-order valence-corrected chi connectivity index (χ1v) is 8.80. The molecule has 136 valence electrons. The number of urea groups is 1. The van der Waals surface area contributed by atoms with Crippen LogP contribution < -0.4 is 21.7 Å². The fraction of sp³-hybridized carbons (Fsp3) is 0.300. The minimum absolute atomic E-state index is 0.0126. The Labute approximate surface area is 153 Å². The number of amides is 3. The summed E-state index contributed by atoms with van der Waals surface area (Å²) in [4.78, 5) is 24.5. The highest BCUT2D eigenvalue weighted by Crippen LogP contribution is 2.31. The molecular weight excluding hydrogens is 328 g/mol. The van der Waals surface area contributed by atoms with Gasteiger partial charge in [0, 0.05) is 29.5 Å². The normalized spacial score (nSPS) is 14.4. The van der Waals surface area contributed by atoms with E-state index >= 15 is 0 Å². The zero-order valence-electron chi connectivity index (χ0n) is 14.8. The second-order valence-corrected chi connectivity index (χ2v) is 6.69. The predicted molar refractivity (Wildman–Crippen MR) is 103 cm³/mol. The molecule has 0 saturated heterocycles. The number of benzene rings is 2. The van der Waals surface area contributed by atoms with E-state index in [0.717, 1.165) is 18.4 Å². The molecule has 2 aromatic rings. The third kappa shape index (κ3) is 4.83. The van der Waals surface area contributed by atoms with Crippen LogP contribution in [-0.2, 0) is 0 Å². The van der Waals surface area contributed by atoms with E-state index in [1.807, 2.05) is 31.2 Å². The number of carbonyl (C=O) groups is 2. The molecule has 6 nitrogen and oxygen atoms in total. The van der Waals surface area contributed by atoms with Gasteiger partial charge in [0.05, 0.1) is 0 Å². The van der Waals surface area contributed by atoms with Crippen LogP contribution in [-0.4, -0.2) is 24.5 Å². The molecular formula is C20H24N4O2. The lowest BCUT2D eigenvalue weighted by Crippen LogP contribution is -2.38. The molecule has 1 aliphatic rings. The maximum Gasteiger partial charge on any atom is 0.323 e. The molecule has 1 unspecified atom stereocenters. The quantitative estimate of drug-likeness (QED) is 0.643. The van der Waals surface area contributed by atoms with Crippen molar-refractivity contribution in [1.82, 2.24) is 5.32 Å². The number of nitrogens with two attached hydrogens (primary N) is 1. The van der Waals surface area contributed by atoms with Crippen molar-refractivity contribution >= 4 is 23.3 Å². The van der Waals surface area contributed by atoms with Gasteiger partial charge in [-0.25, -0.2) is 4.79 Å². The van der Waals surface area contributed by atoms with Crippen LogP contribution in [0.5, 0.6) is 0 Å². The van der Waals surface area contributed by atoms with Crippen LogP contribution >= 0.6 is 0 Å². The second-order valence-electron chi connectivity index (χ2n) is 6.69. The minimum atomic E-state index is -0.354. The summed E-state index contributed by atoms with van der Waals surface area (Å²) in [5, 5.41) is 8.42. The molecule has 3 amide bonds. The molecule has 3 rings (SSSR count). The van der Waals surface area contributed by atoms with Crippen LogP contribution in [0.3, 0.4) is 0 Å². The van der Waals surface area contributed by atoms with E-state index in [1.165, 1.54) is 0 Å². The Morgan fingerprint density at radius 3 is 2.54 bits per heavy atom. The molecule has 5 N–H and O–H groups in total. The van der Waals surface area contributed by atoms with Crippen LogP contribution in [0.15, 0.2) is 48.5 Å². The lowest BCUT2D eigenvalue weighted by Gasteiger charge is -2.14. The molecule has 0 heterocycles. The zero-order valence-corrected chi connectivity index (χ0v) is 14.8. The van der Waals surface area contributed by atoms with E-state index in [4.69, 9.17) is 5.73 Å². The summed E-state index contributed by atoms with van der Waals surface area (Å²) in [6, 6.07) is 14.1. The smallest absolute Gasteiger partial charge is 0.323 e. The Morgan fingerprint density at radius 2 is 1.85 bits per heavy atom. The van der Waals surface area contributed by atoms with E-state index in [9.17, 15) is 9.59 Å². The van der Waals surface area contributed by atoms with Gasteiger partial charge in [-0.2, -0.15) is 0 Å². The Bertz CT molecular complexity index is 788. The summed E-state index contributed by atoms with van der Waals surface area (Å²) in [6.07, 6.45) is 2.29. The fourth-order valence-electron chi connectivity index (χ4n) is 2.71. The van der Waals surface area contributed by atoms with Gasteiger partial charge in [-0.1, -0.05) is 24.3 Å². The molecule has 26 heavy (non-hydrogen) atoms. The number of carbonyl (C=O) groups excluding carboxylic acids is 2. The first-order chi connectivity index (χ1) is 12.5. The number of anilines is 2. The summed E-state index contributed by atoms with van der Waals surface area (Å²) >= 11 is 0. The summed E-state index contributed by atoms with van der Waals surface area (Å²) in [5.74, 6) is 0.347. The molecule has 0 radical (unpaired) electrons. The lowest BCUT2D eigenvalue weighted by atomic mass is 10.1. The molecule has 2 aromatic carbocycles. The highest BCUT2D eigenvalue weighted by Gasteiger charge is 2.28. The average molecular weight is 352 g/mol. The highest BCUT2D eigenvalue weighted by atomic mass is 16.2. The monoisotopic (exact) mass is 352 g/mol. The third-order valence-electron chi connectivity index (χ3n) is 4.51. The largest absolute Gasteiger partial charge is 0.350 e. The van der Waals surface area contributed by atoms with Crippen LogP contribution in [0.25, 0.3) is 0 Å². The van der Waals surface area contributed by atoms with Crippen LogP contribution in [0.2, 0.25) is 0 Å². The minimum Gasteiger partial charge on any atom is -0.350 e. The van der Waals surface area contributed by atoms with Crippen molar-refractivity contribution in [2.75, 3.05) is 17.2 Å². The second kappa shape index (κ2) is 8.01. The Balaban J connectivity index is 1.61. The van der Waals surface area contributed by atoms with Gasteiger partial charge in [-0.3, -0.25) is 4.79 Å². The fourth-order valence-corrected chi connectivity index (χ4v) is 2.71. The molecule has 0 aromatic heterocycles. The number of hydrogen-bond acceptors (Lipinski definition) is 3. The molecule has 1 aliphatic carbocycles. The zero-order chi connectivity index (χ0) is 18.5. The molecule has 0 spiro atoms. The topological polar surface area (TPSA) is 96.2 Å². The average Bonchev–Trinajstić information content (AvgIpc) is 3.47. The van der Waals surface area contributed by atoms with E-state index < -0.39 is 0 Å². The van der Waals surface area contributed by atoms with Gasteiger partial charge in [0.15, 0.2) is 0 Å². The van der Waals surface area contributed by atoms with Gasteiger partial charge in [0.25, 0.3) is 5.91 Å². The maximum absolute atomic E-state index is 12.3. The molecule has 1 saturated carbocycles. The summed E-state index contributed by atoms with van der Waals surface area (Å²) in [5.41, 5.74) is 8.68. The van der Waals surface area contributed by atoms with Crippen molar-refractivity contribution in [2.45, 2.75) is 25.8 Å². The standard InChI is InChI=1S/C20H24N4O2/c1-13-7-8-15(19(25)22-12-17(21)14-9-10-14)11-18(13)24-20(26)23-16-5-3-2-4-6-16/h2-8,11,14,17H,9-10,12,21H2,1H3,(H,22,25)(H2,23,24,26). The molecule has 0 aliphatic heterocycles. The van der Waals surface area contributed by atoms with Gasteiger partial charge in [0.2, 0.25) is 0 Å². The van der Waals surface area contributed by atoms with E-state index in [0.29, 0.717) is 29.4 Å². The Hall–Kier alpha value is -2.86. The molecule has 1 atom stereocenters. The number of para-hydroxylation sites is 1. The highest BCUT2D eigenvalue weighted by molar-refractivity contribution is 6.02. The van der Waals surface area contributed by atoms with Crippen LogP contribution in [0.1, 0.15) is 28.8 Å². The number of hydrogen-bond donors (Lipinski definition) is 4. The number of aryl methyl sites for hydroxylation is 1. The summed E-state index contributed by atoms with van der Waals surface area (Å²) < 4.78 is 0. The first kappa shape index (κ1) is 17.9. The molecule has 0 bridgehead atoms. The van der Waals surface area contributed by atoms with Gasteiger partial charge in [0.1, 0.15) is 0 Å². The van der Waals surface area contributed by atoms with Gasteiger partial charge < -0.3 is 21.7 Å². The predicted octanol–water partition coefficient (Wildman–Crippen LogP) is 3.11. The summed E-state index contributed by atoms with van der Waals surface area (Å²) in [6.45, 7) is 2.34. The van der Waals surface area contributed by atoms with E-state index in [1.54, 1.807) is 24.3 Å². The number of nitrogens with one attached hydrogen (secondary N) is 3. The summed E-state index contributed by atoms with van der Waals surface area (Å²) in [7, 11) is 0. The Kier molecular flexibility index (Phi) is 5.53. The number of rotatable bonds is 6. The Morgan fingerprint density at radius 1 is 1.12 bits per heavy atom. The van der Waals surface area contributed by atoms with Crippen molar-refractivity contribution in [1.29, 1.82) is 0 Å². The first-order valence-electron chi connectivity index (χ1n) is 8.80. The van der Waals surface area contributed by atoms with Crippen molar-refractivity contribution < 1.29 is 9.59 Å². The lowest BCUT2D eigenvalue weighted by molar-refractivity contribution is 0.0950. The SMILES string of the molecule is Cc1ccc(C(=O)NCC(N)C2CC2)cc1NC(=O)Nc1ccccc1. The van der Waals surface area contributed by atoms with Crippen molar-refractivity contribution in [3.05, 3.63) is 59.7 Å². The van der Waals surface area contributed by atoms with Crippen LogP contribution in [0.4, 0.5) is 16.2 Å². The van der Waals surface area contributed by atoms with Gasteiger partial charge in [-0.05, 0) is 55.5 Å². The third-order valence-corrected chi connectivity index (χ3v) is 4.51. The van der Waals surface area contributed by atoms with Crippen LogP contribution in [0, 0.1) is 12.8 Å². The molecule has 1 fully saturated rings. The van der Waals surface area contributed by atoms with Gasteiger partial charge in [-0.15, -0.1) is 0 Å². The van der Waals surface area contributed by atoms with E-state index in [2.05, 4.69) is 16.0 Å². The van der Waals surface area contributed by atoms with Gasteiger partial charge >= 0.3 is 6.03 Å². The van der Waals surface area contributed by atoms with Crippen molar-refractivity contribution in [3.63, 3.8) is 0 Å². The maximum atomic E-state index is 12.3.